The molecule has 6 heteroatoms. The van der Waals surface area contributed by atoms with E-state index in [1.807, 2.05) is 0 Å². The molecule has 0 rings (SSSR count). The summed E-state index contributed by atoms with van der Waals surface area (Å²) < 4.78 is 17.0. The molecule has 0 bridgehead atoms. The smallest absolute Gasteiger partial charge is 0.306 e. The Bertz CT molecular complexity index is 1470. The zero-order valence-electron chi connectivity index (χ0n) is 51.0. The predicted octanol–water partition coefficient (Wildman–Crippen LogP) is 22.7. The van der Waals surface area contributed by atoms with Gasteiger partial charge in [-0.2, -0.15) is 0 Å². The fourth-order valence-corrected chi connectivity index (χ4v) is 9.40. The van der Waals surface area contributed by atoms with Crippen LogP contribution in [0.3, 0.4) is 0 Å². The Kier molecular flexibility index (Phi) is 62.2. The Morgan fingerprint density at radius 1 is 0.273 bits per heavy atom. The van der Waals surface area contributed by atoms with Crippen molar-refractivity contribution in [1.29, 1.82) is 0 Å². The van der Waals surface area contributed by atoms with E-state index in [-0.39, 0.29) is 31.1 Å². The highest BCUT2D eigenvalue weighted by atomic mass is 16.6. The average Bonchev–Trinajstić information content (AvgIpc) is 3.43. The second kappa shape index (κ2) is 65.1. The number of hydrogen-bond acceptors (Lipinski definition) is 6. The molecule has 0 aliphatic heterocycles. The molecule has 77 heavy (non-hydrogen) atoms. The lowest BCUT2D eigenvalue weighted by Crippen LogP contribution is -2.30. The van der Waals surface area contributed by atoms with E-state index in [1.54, 1.807) is 0 Å². The first-order valence-corrected chi connectivity index (χ1v) is 33.1. The largest absolute Gasteiger partial charge is 0.462 e. The van der Waals surface area contributed by atoms with Crippen LogP contribution in [0.2, 0.25) is 0 Å². The van der Waals surface area contributed by atoms with E-state index in [0.717, 1.165) is 103 Å². The molecule has 444 valence electrons. The predicted molar refractivity (Wildman–Crippen MR) is 334 cm³/mol. The van der Waals surface area contributed by atoms with Crippen LogP contribution in [0.4, 0.5) is 0 Å². The van der Waals surface area contributed by atoms with Crippen LogP contribution in [0.5, 0.6) is 0 Å². The highest BCUT2D eigenvalue weighted by Gasteiger charge is 2.19. The maximum atomic E-state index is 12.9. The first-order chi connectivity index (χ1) is 38.0. The van der Waals surface area contributed by atoms with Crippen molar-refractivity contribution in [3.05, 3.63) is 85.1 Å². The van der Waals surface area contributed by atoms with Crippen molar-refractivity contribution in [2.45, 2.75) is 335 Å². The molecule has 1 atom stereocenters. The summed E-state index contributed by atoms with van der Waals surface area (Å²) >= 11 is 0. The van der Waals surface area contributed by atoms with E-state index >= 15 is 0 Å². The lowest BCUT2D eigenvalue weighted by molar-refractivity contribution is -0.167. The molecule has 0 saturated heterocycles. The number of rotatable bonds is 60. The number of ether oxygens (including phenoxy) is 3. The van der Waals surface area contributed by atoms with Gasteiger partial charge in [-0.05, 0) is 116 Å². The maximum absolute atomic E-state index is 12.9. The summed E-state index contributed by atoms with van der Waals surface area (Å²) in [6.07, 6.45) is 85.8. The van der Waals surface area contributed by atoms with Gasteiger partial charge >= 0.3 is 17.9 Å². The van der Waals surface area contributed by atoms with Crippen LogP contribution in [0.15, 0.2) is 85.1 Å². The average molecular weight is 1070 g/mol. The zero-order chi connectivity index (χ0) is 55.7. The van der Waals surface area contributed by atoms with Gasteiger partial charge in [0.1, 0.15) is 13.2 Å². The Hall–Kier alpha value is -3.41. The maximum Gasteiger partial charge on any atom is 0.306 e. The normalized spacial score (nSPS) is 12.6. The van der Waals surface area contributed by atoms with Crippen molar-refractivity contribution in [1.82, 2.24) is 0 Å². The summed E-state index contributed by atoms with van der Waals surface area (Å²) in [5.41, 5.74) is 0. The molecular weight excluding hydrogens is 949 g/mol. The summed E-state index contributed by atoms with van der Waals surface area (Å²) in [5.74, 6) is -0.886. The molecule has 0 fully saturated rings. The number of carbonyl (C=O) groups excluding carboxylic acids is 3. The first-order valence-electron chi connectivity index (χ1n) is 33.1. The van der Waals surface area contributed by atoms with Crippen LogP contribution < -0.4 is 0 Å². The second-order valence-electron chi connectivity index (χ2n) is 22.0. The van der Waals surface area contributed by atoms with E-state index in [4.69, 9.17) is 14.2 Å². The van der Waals surface area contributed by atoms with Gasteiger partial charge < -0.3 is 14.2 Å². The molecule has 0 aliphatic carbocycles. The van der Waals surface area contributed by atoms with Crippen LogP contribution in [0.25, 0.3) is 0 Å². The van der Waals surface area contributed by atoms with Gasteiger partial charge in [0.25, 0.3) is 0 Å². The Labute approximate surface area is 477 Å². The number of carbonyl (C=O) groups is 3. The minimum Gasteiger partial charge on any atom is -0.462 e. The van der Waals surface area contributed by atoms with Crippen molar-refractivity contribution in [3.63, 3.8) is 0 Å². The third-order valence-corrected chi connectivity index (χ3v) is 14.4. The number of allylic oxidation sites excluding steroid dienone is 14. The van der Waals surface area contributed by atoms with Crippen LogP contribution in [-0.4, -0.2) is 37.2 Å². The molecule has 0 spiro atoms. The summed E-state index contributed by atoms with van der Waals surface area (Å²) in [6.45, 7) is 6.54. The second-order valence-corrected chi connectivity index (χ2v) is 22.0. The summed E-state index contributed by atoms with van der Waals surface area (Å²) in [6, 6.07) is 0. The minimum absolute atomic E-state index is 0.0826. The van der Waals surface area contributed by atoms with Gasteiger partial charge in [0.05, 0.1) is 0 Å². The third kappa shape index (κ3) is 63.3. The van der Waals surface area contributed by atoms with E-state index in [2.05, 4.69) is 106 Å². The number of esters is 3. The lowest BCUT2D eigenvalue weighted by atomic mass is 10.1. The molecule has 0 aromatic heterocycles. The van der Waals surface area contributed by atoms with E-state index in [9.17, 15) is 14.4 Å². The van der Waals surface area contributed by atoms with Crippen molar-refractivity contribution >= 4 is 17.9 Å². The fourth-order valence-electron chi connectivity index (χ4n) is 9.40. The molecule has 0 radical (unpaired) electrons. The summed E-state index contributed by atoms with van der Waals surface area (Å²) in [5, 5.41) is 0. The fraction of sp³-hybridized carbons (Fsp3) is 0.761. The monoisotopic (exact) mass is 1070 g/mol. The van der Waals surface area contributed by atoms with Gasteiger partial charge in [-0.25, -0.2) is 0 Å². The van der Waals surface area contributed by atoms with Gasteiger partial charge in [-0.1, -0.05) is 279 Å². The quantitative estimate of drug-likeness (QED) is 0.0261. The molecular formula is C71H124O6. The van der Waals surface area contributed by atoms with Gasteiger partial charge in [0, 0.05) is 19.3 Å². The number of hydrogen-bond donors (Lipinski definition) is 0. The molecule has 0 amide bonds. The molecule has 0 aliphatic rings. The van der Waals surface area contributed by atoms with E-state index in [1.165, 1.54) is 186 Å². The van der Waals surface area contributed by atoms with Gasteiger partial charge in [0.2, 0.25) is 0 Å². The standard InChI is InChI=1S/C71H124O6/c1-4-7-10-13-16-19-22-25-28-31-33-34-35-36-37-38-39-41-43-46-49-52-55-58-61-64-70(73)76-67-68(66-75-69(72)63-60-57-54-51-48-45-42-30-27-24-21-18-15-12-9-6-3)77-71(74)65-62-59-56-53-50-47-44-40-32-29-26-23-20-17-14-11-8-5-2/h7,10,16,19,25,28-30,32-34,36-37,42,68H,4-6,8-9,11-15,17-18,20-24,26-27,31,35,38-41,43-67H2,1-3H3/b10-7-,19-16-,28-25-,32-29-,34-33-,37-36-,42-30-. The van der Waals surface area contributed by atoms with Crippen molar-refractivity contribution in [2.75, 3.05) is 13.2 Å². The van der Waals surface area contributed by atoms with Crippen molar-refractivity contribution in [3.8, 4) is 0 Å². The summed E-state index contributed by atoms with van der Waals surface area (Å²) in [7, 11) is 0. The molecule has 0 N–H and O–H groups in total. The summed E-state index contributed by atoms with van der Waals surface area (Å²) in [4.78, 5) is 38.4. The first kappa shape index (κ1) is 73.6. The molecule has 0 aromatic carbocycles. The third-order valence-electron chi connectivity index (χ3n) is 14.4. The SMILES string of the molecule is CC/C=C\C/C=C\C/C=C\C/C=C\C/C=C\CCCCCCCCCCCC(=O)OCC(COC(=O)CCCCCCC/C=C\CCCCCCCCC)OC(=O)CCCCCCCCC/C=C\CCCCCCCCC. The topological polar surface area (TPSA) is 78.9 Å². The molecule has 1 unspecified atom stereocenters. The lowest BCUT2D eigenvalue weighted by Gasteiger charge is -2.18. The Balaban J connectivity index is 4.36. The van der Waals surface area contributed by atoms with Crippen LogP contribution in [0, 0.1) is 0 Å². The Morgan fingerprint density at radius 2 is 0.506 bits per heavy atom. The van der Waals surface area contributed by atoms with Crippen LogP contribution in [-0.2, 0) is 28.6 Å². The molecule has 0 saturated carbocycles. The van der Waals surface area contributed by atoms with Gasteiger partial charge in [0.15, 0.2) is 6.10 Å². The molecule has 0 aromatic rings. The Morgan fingerprint density at radius 3 is 0.805 bits per heavy atom. The number of unbranched alkanes of at least 4 members (excludes halogenated alkanes) is 35. The molecule has 6 nitrogen and oxygen atoms in total. The zero-order valence-corrected chi connectivity index (χ0v) is 51.0. The van der Waals surface area contributed by atoms with E-state index in [0.29, 0.717) is 19.3 Å². The van der Waals surface area contributed by atoms with Gasteiger partial charge in [-0.15, -0.1) is 0 Å². The van der Waals surface area contributed by atoms with E-state index < -0.39 is 6.10 Å². The minimum atomic E-state index is -0.786. The van der Waals surface area contributed by atoms with Crippen LogP contribution in [0.1, 0.15) is 329 Å². The molecule has 0 heterocycles. The van der Waals surface area contributed by atoms with Gasteiger partial charge in [-0.3, -0.25) is 14.4 Å². The van der Waals surface area contributed by atoms with Crippen LogP contribution >= 0.6 is 0 Å². The highest BCUT2D eigenvalue weighted by Crippen LogP contribution is 2.16. The highest BCUT2D eigenvalue weighted by molar-refractivity contribution is 5.71. The van der Waals surface area contributed by atoms with Crippen molar-refractivity contribution < 1.29 is 28.6 Å². The van der Waals surface area contributed by atoms with Crippen molar-refractivity contribution in [2.24, 2.45) is 0 Å².